The average Bonchev–Trinajstić information content (AvgIpc) is 2.51. The lowest BCUT2D eigenvalue weighted by atomic mass is 9.84. The van der Waals surface area contributed by atoms with Crippen LogP contribution in [0.5, 0.6) is 0 Å². The Morgan fingerprint density at radius 3 is 2.16 bits per heavy atom. The van der Waals surface area contributed by atoms with Crippen LogP contribution in [0.3, 0.4) is 0 Å². The standard InChI is InChI=1S/C12H16.C5H4FN/c1-3-7-11(8-4-1)12-9-5-2-6-10-12;6-5-2-1-3-7-4-5/h1,3-4,7-8,12H,2,5-6,9-10H2;1-4H. The van der Waals surface area contributed by atoms with E-state index in [0.29, 0.717) is 0 Å². The van der Waals surface area contributed by atoms with E-state index in [9.17, 15) is 4.39 Å². The molecule has 19 heavy (non-hydrogen) atoms. The molecule has 0 N–H and O–H groups in total. The molecule has 1 aromatic heterocycles. The van der Waals surface area contributed by atoms with E-state index >= 15 is 0 Å². The van der Waals surface area contributed by atoms with Crippen molar-refractivity contribution in [1.29, 1.82) is 0 Å². The molecule has 100 valence electrons. The normalized spacial score (nSPS) is 15.4. The molecule has 0 bridgehead atoms. The molecule has 0 unspecified atom stereocenters. The van der Waals surface area contributed by atoms with Crippen LogP contribution in [-0.4, -0.2) is 4.98 Å². The molecule has 0 atom stereocenters. The van der Waals surface area contributed by atoms with E-state index in [1.165, 1.54) is 50.6 Å². The van der Waals surface area contributed by atoms with Crippen molar-refractivity contribution in [2.75, 3.05) is 0 Å². The number of benzene rings is 1. The molecule has 1 fully saturated rings. The summed E-state index contributed by atoms with van der Waals surface area (Å²) >= 11 is 0. The zero-order valence-electron chi connectivity index (χ0n) is 11.1. The third-order valence-electron chi connectivity index (χ3n) is 3.50. The SMILES string of the molecule is Fc1cccnc1.c1ccc(C2CCCCC2)cc1. The number of rotatable bonds is 1. The highest BCUT2D eigenvalue weighted by Gasteiger charge is 2.14. The van der Waals surface area contributed by atoms with Crippen LogP contribution in [-0.2, 0) is 0 Å². The first kappa shape index (κ1) is 13.7. The quantitative estimate of drug-likeness (QED) is 0.704. The fourth-order valence-corrected chi connectivity index (χ4v) is 2.50. The number of hydrogen-bond donors (Lipinski definition) is 0. The highest BCUT2D eigenvalue weighted by Crippen LogP contribution is 2.32. The van der Waals surface area contributed by atoms with Crippen molar-refractivity contribution in [3.8, 4) is 0 Å². The lowest BCUT2D eigenvalue weighted by molar-refractivity contribution is 0.443. The van der Waals surface area contributed by atoms with Crippen LogP contribution in [0.1, 0.15) is 43.6 Å². The monoisotopic (exact) mass is 257 g/mol. The predicted octanol–water partition coefficient (Wildman–Crippen LogP) is 4.96. The van der Waals surface area contributed by atoms with E-state index in [1.54, 1.807) is 11.6 Å². The van der Waals surface area contributed by atoms with Gasteiger partial charge in [-0.25, -0.2) is 4.39 Å². The second-order valence-corrected chi connectivity index (χ2v) is 4.92. The van der Waals surface area contributed by atoms with Gasteiger partial charge in [0.15, 0.2) is 0 Å². The molecule has 1 nitrogen and oxygen atoms in total. The van der Waals surface area contributed by atoms with Crippen LogP contribution in [0.15, 0.2) is 54.9 Å². The third kappa shape index (κ3) is 4.82. The summed E-state index contributed by atoms with van der Waals surface area (Å²) in [6, 6.07) is 13.9. The summed E-state index contributed by atoms with van der Waals surface area (Å²) in [6.07, 6.45) is 9.82. The first-order valence-corrected chi connectivity index (χ1v) is 6.97. The molecule has 1 heterocycles. The molecular weight excluding hydrogens is 237 g/mol. The molecular formula is C17H20FN. The van der Waals surface area contributed by atoms with E-state index in [1.807, 2.05) is 0 Å². The molecule has 0 amide bonds. The third-order valence-corrected chi connectivity index (χ3v) is 3.50. The molecule has 2 heteroatoms. The molecule has 1 aliphatic rings. The average molecular weight is 257 g/mol. The van der Waals surface area contributed by atoms with Crippen LogP contribution in [0, 0.1) is 5.82 Å². The molecule has 0 spiro atoms. The number of nitrogens with zero attached hydrogens (tertiary/aromatic N) is 1. The van der Waals surface area contributed by atoms with Gasteiger partial charge in [-0.1, -0.05) is 49.6 Å². The summed E-state index contributed by atoms with van der Waals surface area (Å²) in [5, 5.41) is 0. The van der Waals surface area contributed by atoms with Gasteiger partial charge in [0.1, 0.15) is 5.82 Å². The van der Waals surface area contributed by atoms with Crippen molar-refractivity contribution >= 4 is 0 Å². The number of pyridine rings is 1. The summed E-state index contributed by atoms with van der Waals surface area (Å²) < 4.78 is 11.8. The lowest BCUT2D eigenvalue weighted by Crippen LogP contribution is -2.03. The fourth-order valence-electron chi connectivity index (χ4n) is 2.50. The van der Waals surface area contributed by atoms with Gasteiger partial charge < -0.3 is 0 Å². The van der Waals surface area contributed by atoms with Crippen molar-refractivity contribution in [3.05, 3.63) is 66.2 Å². The second kappa shape index (κ2) is 7.67. The number of halogens is 1. The minimum atomic E-state index is -0.289. The van der Waals surface area contributed by atoms with Gasteiger partial charge in [-0.3, -0.25) is 4.98 Å². The largest absolute Gasteiger partial charge is 0.262 e. The molecule has 1 aliphatic carbocycles. The summed E-state index contributed by atoms with van der Waals surface area (Å²) in [5.41, 5.74) is 1.55. The minimum Gasteiger partial charge on any atom is -0.262 e. The molecule has 1 aromatic carbocycles. The van der Waals surface area contributed by atoms with E-state index in [0.717, 1.165) is 5.92 Å². The van der Waals surface area contributed by atoms with Crippen molar-refractivity contribution in [2.24, 2.45) is 0 Å². The van der Waals surface area contributed by atoms with Crippen molar-refractivity contribution < 1.29 is 4.39 Å². The number of hydrogen-bond acceptors (Lipinski definition) is 1. The van der Waals surface area contributed by atoms with Gasteiger partial charge in [0.05, 0.1) is 6.20 Å². The van der Waals surface area contributed by atoms with E-state index in [-0.39, 0.29) is 5.82 Å². The van der Waals surface area contributed by atoms with Crippen LogP contribution >= 0.6 is 0 Å². The summed E-state index contributed by atoms with van der Waals surface area (Å²) in [6.45, 7) is 0. The highest BCUT2D eigenvalue weighted by atomic mass is 19.1. The number of aromatic nitrogens is 1. The van der Waals surface area contributed by atoms with Gasteiger partial charge >= 0.3 is 0 Å². The minimum absolute atomic E-state index is 0.289. The maximum Gasteiger partial charge on any atom is 0.141 e. The van der Waals surface area contributed by atoms with Crippen LogP contribution < -0.4 is 0 Å². The Morgan fingerprint density at radius 2 is 1.63 bits per heavy atom. The summed E-state index contributed by atoms with van der Waals surface area (Å²) in [4.78, 5) is 3.51. The zero-order valence-corrected chi connectivity index (χ0v) is 11.1. The lowest BCUT2D eigenvalue weighted by Gasteiger charge is -2.21. The van der Waals surface area contributed by atoms with Gasteiger partial charge in [-0.05, 0) is 36.5 Å². The van der Waals surface area contributed by atoms with Gasteiger partial charge in [0, 0.05) is 6.20 Å². The van der Waals surface area contributed by atoms with E-state index in [2.05, 4.69) is 35.3 Å². The Hall–Kier alpha value is -1.70. The Bertz CT molecular complexity index is 449. The summed E-state index contributed by atoms with van der Waals surface area (Å²) in [7, 11) is 0. The first-order chi connectivity index (χ1) is 9.36. The Labute approximate surface area is 114 Å². The highest BCUT2D eigenvalue weighted by molar-refractivity contribution is 5.19. The molecule has 0 saturated heterocycles. The van der Waals surface area contributed by atoms with Crippen molar-refractivity contribution in [3.63, 3.8) is 0 Å². The summed E-state index contributed by atoms with van der Waals surface area (Å²) in [5.74, 6) is 0.572. The van der Waals surface area contributed by atoms with Crippen LogP contribution in [0.25, 0.3) is 0 Å². The van der Waals surface area contributed by atoms with Crippen LogP contribution in [0.2, 0.25) is 0 Å². The fraction of sp³-hybridized carbons (Fsp3) is 0.353. The topological polar surface area (TPSA) is 12.9 Å². The molecule has 1 saturated carbocycles. The molecule has 3 rings (SSSR count). The zero-order chi connectivity index (χ0) is 13.3. The van der Waals surface area contributed by atoms with E-state index < -0.39 is 0 Å². The molecule has 0 radical (unpaired) electrons. The predicted molar refractivity (Wildman–Crippen MR) is 76.5 cm³/mol. The van der Waals surface area contributed by atoms with Crippen molar-refractivity contribution in [1.82, 2.24) is 4.98 Å². The maximum atomic E-state index is 11.8. The second-order valence-electron chi connectivity index (χ2n) is 4.92. The smallest absolute Gasteiger partial charge is 0.141 e. The van der Waals surface area contributed by atoms with Gasteiger partial charge in [0.25, 0.3) is 0 Å². The van der Waals surface area contributed by atoms with Gasteiger partial charge in [0.2, 0.25) is 0 Å². The van der Waals surface area contributed by atoms with Crippen LogP contribution in [0.4, 0.5) is 4.39 Å². The van der Waals surface area contributed by atoms with E-state index in [4.69, 9.17) is 0 Å². The molecule has 2 aromatic rings. The maximum absolute atomic E-state index is 11.8. The first-order valence-electron chi connectivity index (χ1n) is 6.97. The van der Waals surface area contributed by atoms with Crippen molar-refractivity contribution in [2.45, 2.75) is 38.0 Å². The van der Waals surface area contributed by atoms with Gasteiger partial charge in [-0.15, -0.1) is 0 Å². The van der Waals surface area contributed by atoms with Gasteiger partial charge in [-0.2, -0.15) is 0 Å². The Morgan fingerprint density at radius 1 is 0.895 bits per heavy atom. The Balaban J connectivity index is 0.000000163. The Kier molecular flexibility index (Phi) is 5.54. The molecule has 0 aliphatic heterocycles.